The highest BCUT2D eigenvalue weighted by molar-refractivity contribution is 7.80. The van der Waals surface area contributed by atoms with Gasteiger partial charge >= 0.3 is 5.97 Å². The zero-order chi connectivity index (χ0) is 15.6. The van der Waals surface area contributed by atoms with Gasteiger partial charge in [0.25, 0.3) is 0 Å². The van der Waals surface area contributed by atoms with E-state index in [9.17, 15) is 9.90 Å². The van der Waals surface area contributed by atoms with Gasteiger partial charge in [-0.1, -0.05) is 6.07 Å². The molecule has 1 heterocycles. The van der Waals surface area contributed by atoms with Gasteiger partial charge in [0.1, 0.15) is 0 Å². The fourth-order valence-corrected chi connectivity index (χ4v) is 2.47. The molecule has 112 valence electrons. The Morgan fingerprint density at radius 3 is 2.71 bits per heavy atom. The minimum atomic E-state index is -0.472. The molecular formula is C14H16N2O4S. The van der Waals surface area contributed by atoms with Crippen molar-refractivity contribution < 1.29 is 19.4 Å². The molecule has 3 N–H and O–H groups in total. The van der Waals surface area contributed by atoms with E-state index >= 15 is 0 Å². The lowest BCUT2D eigenvalue weighted by Gasteiger charge is -2.29. The van der Waals surface area contributed by atoms with E-state index in [1.54, 1.807) is 19.1 Å². The molecule has 1 atom stereocenters. The number of carbonyl (C=O) groups is 1. The van der Waals surface area contributed by atoms with Gasteiger partial charge < -0.3 is 25.2 Å². The predicted octanol–water partition coefficient (Wildman–Crippen LogP) is 1.37. The summed E-state index contributed by atoms with van der Waals surface area (Å²) in [5.74, 6) is -0.106. The number of benzene rings is 1. The van der Waals surface area contributed by atoms with Gasteiger partial charge in [0.15, 0.2) is 16.6 Å². The first kappa shape index (κ1) is 15.1. The molecule has 0 fully saturated rings. The Kier molecular flexibility index (Phi) is 4.32. The fraction of sp³-hybridized carbons (Fsp3) is 0.286. The summed E-state index contributed by atoms with van der Waals surface area (Å²) >= 11 is 5.13. The molecule has 0 saturated heterocycles. The quantitative estimate of drug-likeness (QED) is 0.575. The monoisotopic (exact) mass is 308 g/mol. The number of esters is 1. The number of thiocarbonyl (C=S) groups is 1. The number of hydrogen-bond acceptors (Lipinski definition) is 5. The van der Waals surface area contributed by atoms with Crippen LogP contribution in [0.4, 0.5) is 0 Å². The lowest BCUT2D eigenvalue weighted by atomic mass is 9.95. The lowest BCUT2D eigenvalue weighted by molar-refractivity contribution is -0.136. The summed E-state index contributed by atoms with van der Waals surface area (Å²) in [6.07, 6.45) is 0. The second-order valence-corrected chi connectivity index (χ2v) is 4.90. The van der Waals surface area contributed by atoms with E-state index in [0.29, 0.717) is 22.1 Å². The SMILES string of the molecule is COC(=O)C1=C(C)NC(=S)N[C@@H]1c1ccc(O)c(OC)c1. The molecule has 0 radical (unpaired) electrons. The average molecular weight is 308 g/mol. The van der Waals surface area contributed by atoms with Gasteiger partial charge in [-0.15, -0.1) is 0 Å². The molecule has 2 rings (SSSR count). The van der Waals surface area contributed by atoms with Gasteiger partial charge in [-0.05, 0) is 36.8 Å². The lowest BCUT2D eigenvalue weighted by Crippen LogP contribution is -2.45. The molecule has 21 heavy (non-hydrogen) atoms. The molecule has 1 aliphatic rings. The first-order valence-electron chi connectivity index (χ1n) is 6.21. The normalized spacial score (nSPS) is 17.9. The highest BCUT2D eigenvalue weighted by Crippen LogP contribution is 2.33. The Hall–Kier alpha value is -2.28. The van der Waals surface area contributed by atoms with Gasteiger partial charge in [0, 0.05) is 5.70 Å². The number of phenolic OH excluding ortho intramolecular Hbond substituents is 1. The Balaban J connectivity index is 2.51. The summed E-state index contributed by atoms with van der Waals surface area (Å²) in [6, 6.07) is 4.38. The van der Waals surface area contributed by atoms with E-state index in [1.165, 1.54) is 20.3 Å². The van der Waals surface area contributed by atoms with Crippen LogP contribution < -0.4 is 15.4 Å². The van der Waals surface area contributed by atoms with Gasteiger partial charge in [-0.3, -0.25) is 0 Å². The van der Waals surface area contributed by atoms with Crippen molar-refractivity contribution in [2.24, 2.45) is 0 Å². The molecule has 1 aromatic rings. The summed E-state index contributed by atoms with van der Waals surface area (Å²) in [4.78, 5) is 12.0. The van der Waals surface area contributed by atoms with Crippen LogP contribution in [0.5, 0.6) is 11.5 Å². The Bertz CT molecular complexity index is 627. The zero-order valence-corrected chi connectivity index (χ0v) is 12.7. The summed E-state index contributed by atoms with van der Waals surface area (Å²) in [5, 5.41) is 16.0. The van der Waals surface area contributed by atoms with Crippen molar-refractivity contribution in [3.63, 3.8) is 0 Å². The van der Waals surface area contributed by atoms with Crippen molar-refractivity contribution in [3.05, 3.63) is 35.0 Å². The number of allylic oxidation sites excluding steroid dienone is 1. The van der Waals surface area contributed by atoms with Crippen LogP contribution in [0, 0.1) is 0 Å². The van der Waals surface area contributed by atoms with Gasteiger partial charge in [0.2, 0.25) is 0 Å². The first-order chi connectivity index (χ1) is 9.97. The van der Waals surface area contributed by atoms with E-state index < -0.39 is 12.0 Å². The van der Waals surface area contributed by atoms with Crippen LogP contribution >= 0.6 is 12.2 Å². The zero-order valence-electron chi connectivity index (χ0n) is 11.9. The van der Waals surface area contributed by atoms with Crippen LogP contribution in [-0.4, -0.2) is 30.4 Å². The van der Waals surface area contributed by atoms with E-state index in [-0.39, 0.29) is 5.75 Å². The number of carbonyl (C=O) groups excluding carboxylic acids is 1. The predicted molar refractivity (Wildman–Crippen MR) is 81.0 cm³/mol. The van der Waals surface area contributed by atoms with Crippen LogP contribution in [0.25, 0.3) is 0 Å². The third-order valence-corrected chi connectivity index (χ3v) is 3.43. The number of ether oxygens (including phenoxy) is 2. The second kappa shape index (κ2) is 6.01. The Morgan fingerprint density at radius 1 is 1.38 bits per heavy atom. The maximum absolute atomic E-state index is 12.0. The van der Waals surface area contributed by atoms with Crippen molar-refractivity contribution >= 4 is 23.3 Å². The van der Waals surface area contributed by atoms with Crippen molar-refractivity contribution in [2.75, 3.05) is 14.2 Å². The molecular weight excluding hydrogens is 292 g/mol. The smallest absolute Gasteiger partial charge is 0.337 e. The number of hydrogen-bond donors (Lipinski definition) is 3. The summed E-state index contributed by atoms with van der Waals surface area (Å²) in [5.41, 5.74) is 1.79. The van der Waals surface area contributed by atoms with Gasteiger partial charge in [-0.2, -0.15) is 0 Å². The summed E-state index contributed by atoms with van der Waals surface area (Å²) in [7, 11) is 2.78. The minimum Gasteiger partial charge on any atom is -0.504 e. The van der Waals surface area contributed by atoms with Gasteiger partial charge in [-0.25, -0.2) is 4.79 Å². The van der Waals surface area contributed by atoms with Crippen molar-refractivity contribution in [1.29, 1.82) is 0 Å². The first-order valence-corrected chi connectivity index (χ1v) is 6.62. The largest absolute Gasteiger partial charge is 0.504 e. The molecule has 0 spiro atoms. The van der Waals surface area contributed by atoms with Crippen LogP contribution in [0.1, 0.15) is 18.5 Å². The summed E-state index contributed by atoms with van der Waals surface area (Å²) in [6.45, 7) is 1.75. The second-order valence-electron chi connectivity index (χ2n) is 4.49. The third kappa shape index (κ3) is 2.92. The molecule has 0 amide bonds. The third-order valence-electron chi connectivity index (χ3n) is 3.21. The topological polar surface area (TPSA) is 79.8 Å². The van der Waals surface area contributed by atoms with E-state index in [1.807, 2.05) is 0 Å². The number of aromatic hydroxyl groups is 1. The average Bonchev–Trinajstić information content (AvgIpc) is 2.46. The molecule has 0 unspecified atom stereocenters. The van der Waals surface area contributed by atoms with Crippen LogP contribution in [0.15, 0.2) is 29.5 Å². The fourth-order valence-electron chi connectivity index (χ4n) is 2.20. The molecule has 1 aromatic carbocycles. The molecule has 6 nitrogen and oxygen atoms in total. The molecule has 0 aliphatic carbocycles. The molecule has 0 aromatic heterocycles. The number of phenols is 1. The van der Waals surface area contributed by atoms with Crippen LogP contribution in [0.2, 0.25) is 0 Å². The molecule has 0 bridgehead atoms. The highest BCUT2D eigenvalue weighted by Gasteiger charge is 2.30. The maximum Gasteiger partial charge on any atom is 0.337 e. The Labute approximate surface area is 127 Å². The van der Waals surface area contributed by atoms with Crippen LogP contribution in [-0.2, 0) is 9.53 Å². The Morgan fingerprint density at radius 2 is 2.10 bits per heavy atom. The molecule has 1 aliphatic heterocycles. The highest BCUT2D eigenvalue weighted by atomic mass is 32.1. The van der Waals surface area contributed by atoms with E-state index in [2.05, 4.69) is 10.6 Å². The van der Waals surface area contributed by atoms with Crippen molar-refractivity contribution in [2.45, 2.75) is 13.0 Å². The maximum atomic E-state index is 12.0. The number of rotatable bonds is 3. The minimum absolute atomic E-state index is 0.0260. The summed E-state index contributed by atoms with van der Waals surface area (Å²) < 4.78 is 9.92. The van der Waals surface area contributed by atoms with Crippen molar-refractivity contribution in [1.82, 2.24) is 10.6 Å². The van der Waals surface area contributed by atoms with E-state index in [4.69, 9.17) is 21.7 Å². The van der Waals surface area contributed by atoms with Crippen LogP contribution in [0.3, 0.4) is 0 Å². The molecule has 7 heteroatoms. The van der Waals surface area contributed by atoms with Crippen molar-refractivity contribution in [3.8, 4) is 11.5 Å². The van der Waals surface area contributed by atoms with E-state index in [0.717, 1.165) is 5.56 Å². The number of methoxy groups -OCH3 is 2. The van der Waals surface area contributed by atoms with Gasteiger partial charge in [0.05, 0.1) is 25.8 Å². The molecule has 0 saturated carbocycles. The number of nitrogens with one attached hydrogen (secondary N) is 2. The standard InChI is InChI=1S/C14H16N2O4S/c1-7-11(13(18)20-3)12(16-14(21)15-7)8-4-5-9(17)10(6-8)19-2/h4-6,12,17H,1-3H3,(H2,15,16,21)/t12-/m1/s1.